The number of rotatable bonds is 8. The molecule has 45 heavy (non-hydrogen) atoms. The van der Waals surface area contributed by atoms with Gasteiger partial charge >= 0.3 is 18.2 Å². The minimum Gasteiger partial charge on any atom is -0.475 e. The molecule has 1 saturated heterocycles. The average Bonchev–Trinajstić information content (AvgIpc) is 3.75. The fourth-order valence-corrected chi connectivity index (χ4v) is 8.34. The molecule has 5 rings (SSSR count). The van der Waals surface area contributed by atoms with Crippen LogP contribution in [0, 0.1) is 0 Å². The number of thiazole rings is 1. The average molecular weight is 688 g/mol. The third kappa shape index (κ3) is 8.14. The number of H-pyrrole nitrogens is 1. The van der Waals surface area contributed by atoms with Crippen LogP contribution in [0.25, 0.3) is 21.6 Å². The van der Waals surface area contributed by atoms with Crippen molar-refractivity contribution in [3.8, 4) is 10.7 Å². The zero-order chi connectivity index (χ0) is 32.9. The molecule has 1 aliphatic heterocycles. The van der Waals surface area contributed by atoms with Crippen molar-refractivity contribution < 1.29 is 41.0 Å². The lowest BCUT2D eigenvalue weighted by atomic mass is 10.2. The number of sulfonamides is 1. The third-order valence-corrected chi connectivity index (χ3v) is 11.0. The van der Waals surface area contributed by atoms with Crippen molar-refractivity contribution in [1.29, 1.82) is 0 Å². The number of hydrogen-bond acceptors (Lipinski definition) is 9. The molecule has 2 N–H and O–H groups in total. The van der Waals surface area contributed by atoms with Gasteiger partial charge in [-0.2, -0.15) is 13.2 Å². The van der Waals surface area contributed by atoms with Crippen LogP contribution < -0.4 is 4.31 Å². The van der Waals surface area contributed by atoms with E-state index in [-0.39, 0.29) is 12.1 Å². The molecule has 0 spiro atoms. The SMILES string of the molecule is CCOC(=O)N1CCN(Cc2cnc(-c3cc4cccc(N(C(C)C)S(=O)(=O)c5cccs5)c4[nH]3)s2)CC1.O=C(O)C(F)(F)F. The smallest absolute Gasteiger partial charge is 0.475 e. The minimum atomic E-state index is -5.08. The Bertz CT molecular complexity index is 1710. The van der Waals surface area contributed by atoms with E-state index in [2.05, 4.69) is 14.9 Å². The summed E-state index contributed by atoms with van der Waals surface area (Å²) in [5, 5.41) is 10.7. The molecular weight excluding hydrogens is 656 g/mol. The van der Waals surface area contributed by atoms with E-state index in [1.54, 1.807) is 33.7 Å². The van der Waals surface area contributed by atoms with Gasteiger partial charge in [0.05, 0.1) is 23.5 Å². The molecule has 1 aromatic carbocycles. The molecule has 0 radical (unpaired) electrons. The van der Waals surface area contributed by atoms with Crippen LogP contribution in [0.3, 0.4) is 0 Å². The molecule has 0 bridgehead atoms. The van der Waals surface area contributed by atoms with Gasteiger partial charge in [-0.15, -0.1) is 22.7 Å². The van der Waals surface area contributed by atoms with Crippen molar-refractivity contribution in [2.24, 2.45) is 0 Å². The van der Waals surface area contributed by atoms with E-state index in [1.807, 2.05) is 51.2 Å². The molecule has 0 saturated carbocycles. The molecule has 4 aromatic rings. The van der Waals surface area contributed by atoms with E-state index in [1.165, 1.54) is 15.6 Å². The van der Waals surface area contributed by atoms with Crippen LogP contribution >= 0.6 is 22.7 Å². The number of alkyl halides is 3. The first-order valence-electron chi connectivity index (χ1n) is 13.8. The Labute approximate surface area is 265 Å². The maximum atomic E-state index is 13.5. The van der Waals surface area contributed by atoms with Crippen LogP contribution in [0.2, 0.25) is 0 Å². The summed E-state index contributed by atoms with van der Waals surface area (Å²) in [7, 11) is -3.70. The van der Waals surface area contributed by atoms with Gasteiger partial charge in [0.1, 0.15) is 9.22 Å². The van der Waals surface area contributed by atoms with Crippen molar-refractivity contribution in [3.63, 3.8) is 0 Å². The van der Waals surface area contributed by atoms with Gasteiger partial charge in [-0.1, -0.05) is 18.2 Å². The first kappa shape index (κ1) is 34.2. The monoisotopic (exact) mass is 687 g/mol. The largest absolute Gasteiger partial charge is 0.490 e. The van der Waals surface area contributed by atoms with E-state index < -0.39 is 22.2 Å². The van der Waals surface area contributed by atoms with Gasteiger partial charge in [-0.3, -0.25) is 9.21 Å². The number of fused-ring (bicyclic) bond motifs is 1. The van der Waals surface area contributed by atoms with E-state index in [9.17, 15) is 26.4 Å². The summed E-state index contributed by atoms with van der Waals surface area (Å²) < 4.78 is 65.7. The van der Waals surface area contributed by atoms with Gasteiger partial charge < -0.3 is 19.7 Å². The summed E-state index contributed by atoms with van der Waals surface area (Å²) in [4.78, 5) is 34.2. The molecular formula is C28H32F3N5O6S3. The number of carboxylic acids is 1. The van der Waals surface area contributed by atoms with E-state index in [0.717, 1.165) is 46.1 Å². The summed E-state index contributed by atoms with van der Waals surface area (Å²) in [5.41, 5.74) is 2.24. The van der Waals surface area contributed by atoms with Crippen molar-refractivity contribution in [1.82, 2.24) is 19.8 Å². The second-order valence-corrected chi connectivity index (χ2v) is 14.3. The van der Waals surface area contributed by atoms with Gasteiger partial charge in [0.2, 0.25) is 0 Å². The number of carboxylic acid groups (broad SMARTS) is 1. The number of anilines is 1. The number of aromatic nitrogens is 2. The highest BCUT2D eigenvalue weighted by molar-refractivity contribution is 7.94. The molecule has 4 heterocycles. The Balaban J connectivity index is 0.000000591. The van der Waals surface area contributed by atoms with Gasteiger partial charge in [0.15, 0.2) is 0 Å². The number of carbonyl (C=O) groups is 2. The zero-order valence-corrected chi connectivity index (χ0v) is 27.0. The van der Waals surface area contributed by atoms with Crippen LogP contribution in [0.15, 0.2) is 52.2 Å². The molecule has 1 aliphatic rings. The summed E-state index contributed by atoms with van der Waals surface area (Å²) >= 11 is 2.84. The summed E-state index contributed by atoms with van der Waals surface area (Å²) in [6.45, 7) is 9.60. The van der Waals surface area contributed by atoms with E-state index in [0.29, 0.717) is 29.6 Å². The zero-order valence-electron chi connectivity index (χ0n) is 24.6. The first-order valence-corrected chi connectivity index (χ1v) is 16.9. The van der Waals surface area contributed by atoms with Gasteiger partial charge in [0, 0.05) is 55.2 Å². The molecule has 3 aromatic heterocycles. The standard InChI is InChI=1S/C26H31N5O4S3.C2HF3O2/c1-4-35-26(32)30-12-10-29(11-13-30)17-20-16-27-25(37-20)21-15-19-7-5-8-22(24(19)28-21)31(18(2)3)38(33,34)23-9-6-14-36-23;3-2(4,5)1(6)7/h5-9,14-16,18,28H,4,10-13,17H2,1-3H3;(H,6,7). The number of halogens is 3. The van der Waals surface area contributed by atoms with Crippen LogP contribution in [0.1, 0.15) is 25.6 Å². The lowest BCUT2D eigenvalue weighted by Crippen LogP contribution is -2.48. The van der Waals surface area contributed by atoms with Gasteiger partial charge in [0.25, 0.3) is 10.0 Å². The predicted molar refractivity (Wildman–Crippen MR) is 166 cm³/mol. The topological polar surface area (TPSA) is 136 Å². The van der Waals surface area contributed by atoms with Crippen molar-refractivity contribution >= 4 is 61.3 Å². The van der Waals surface area contributed by atoms with Crippen LogP contribution in [-0.2, 0) is 26.1 Å². The number of aromatic amines is 1. The van der Waals surface area contributed by atoms with Gasteiger partial charge in [-0.25, -0.2) is 23.0 Å². The Hall–Kier alpha value is -3.67. The number of nitrogens with one attached hydrogen (secondary N) is 1. The predicted octanol–water partition coefficient (Wildman–Crippen LogP) is 5.86. The number of piperazine rings is 1. The van der Waals surface area contributed by atoms with Crippen LogP contribution in [0.4, 0.5) is 23.7 Å². The highest BCUT2D eigenvalue weighted by Gasteiger charge is 2.38. The normalized spacial score (nSPS) is 14.3. The molecule has 17 heteroatoms. The third-order valence-electron chi connectivity index (χ3n) is 6.65. The molecule has 244 valence electrons. The Morgan fingerprint density at radius 3 is 2.42 bits per heavy atom. The Morgan fingerprint density at radius 2 is 1.84 bits per heavy atom. The summed E-state index contributed by atoms with van der Waals surface area (Å²) in [5.74, 6) is -2.76. The second kappa shape index (κ2) is 14.2. The maximum Gasteiger partial charge on any atom is 0.490 e. The number of thiophene rings is 1. The molecule has 1 amide bonds. The number of carbonyl (C=O) groups excluding carboxylic acids is 1. The van der Waals surface area contributed by atoms with Crippen molar-refractivity contribution in [3.05, 3.63) is 52.9 Å². The quantitative estimate of drug-likeness (QED) is 0.235. The highest BCUT2D eigenvalue weighted by Crippen LogP contribution is 2.36. The fourth-order valence-electron chi connectivity index (χ4n) is 4.66. The summed E-state index contributed by atoms with van der Waals surface area (Å²) in [6, 6.07) is 10.9. The van der Waals surface area contributed by atoms with Crippen LogP contribution in [-0.4, -0.2) is 90.4 Å². The highest BCUT2D eigenvalue weighted by atomic mass is 32.2. The number of benzene rings is 1. The Kier molecular flexibility index (Phi) is 10.8. The molecule has 0 atom stereocenters. The van der Waals surface area contributed by atoms with E-state index in [4.69, 9.17) is 14.6 Å². The molecule has 0 aliphatic carbocycles. The second-order valence-electron chi connectivity index (χ2n) is 10.1. The number of amides is 1. The number of para-hydroxylation sites is 1. The maximum absolute atomic E-state index is 13.5. The van der Waals surface area contributed by atoms with Gasteiger partial charge in [-0.05, 0) is 44.4 Å². The van der Waals surface area contributed by atoms with E-state index >= 15 is 0 Å². The number of nitrogens with zero attached hydrogens (tertiary/aromatic N) is 4. The summed E-state index contributed by atoms with van der Waals surface area (Å²) in [6.07, 6.45) is -3.43. The number of aliphatic carboxylic acids is 1. The number of ether oxygens (including phenoxy) is 1. The Morgan fingerprint density at radius 1 is 1.16 bits per heavy atom. The minimum absolute atomic E-state index is 0.246. The van der Waals surface area contributed by atoms with Crippen LogP contribution in [0.5, 0.6) is 0 Å². The van der Waals surface area contributed by atoms with Crippen molar-refractivity contribution in [2.75, 3.05) is 37.1 Å². The lowest BCUT2D eigenvalue weighted by molar-refractivity contribution is -0.192. The fraction of sp³-hybridized carbons (Fsp3) is 0.393. The number of hydrogen-bond donors (Lipinski definition) is 2. The molecule has 0 unspecified atom stereocenters. The first-order chi connectivity index (χ1) is 21.2. The molecule has 1 fully saturated rings. The lowest BCUT2D eigenvalue weighted by Gasteiger charge is -2.33. The van der Waals surface area contributed by atoms with Crippen molar-refractivity contribution in [2.45, 2.75) is 43.7 Å². The molecule has 11 nitrogen and oxygen atoms in total.